The molecule has 124 valence electrons. The van der Waals surface area contributed by atoms with Crippen LogP contribution in [0.25, 0.3) is 21.7 Å². The van der Waals surface area contributed by atoms with E-state index >= 15 is 0 Å². The molecule has 2 aromatic carbocycles. The zero-order valence-corrected chi connectivity index (χ0v) is 13.8. The number of phenolic OH excluding ortho intramolecular Hbond substituents is 1. The molecule has 1 atom stereocenters. The molecule has 0 bridgehead atoms. The highest BCUT2D eigenvalue weighted by Crippen LogP contribution is 2.33. The number of fused-ring (bicyclic) bond motifs is 3. The molecule has 1 aromatic heterocycles. The predicted octanol–water partition coefficient (Wildman–Crippen LogP) is 4.03. The van der Waals surface area contributed by atoms with Gasteiger partial charge < -0.3 is 9.52 Å². The van der Waals surface area contributed by atoms with Crippen LogP contribution in [0, 0.1) is 0 Å². The molecule has 0 saturated carbocycles. The molecule has 4 rings (SSSR count). The van der Waals surface area contributed by atoms with Gasteiger partial charge in [-0.2, -0.15) is 0 Å². The molecule has 0 spiro atoms. The lowest BCUT2D eigenvalue weighted by Gasteiger charge is -2.33. The van der Waals surface area contributed by atoms with E-state index in [0.29, 0.717) is 29.1 Å². The molecule has 1 N–H and O–H groups in total. The number of piperidine rings is 1. The summed E-state index contributed by atoms with van der Waals surface area (Å²) < 4.78 is 5.62. The summed E-state index contributed by atoms with van der Waals surface area (Å²) in [5, 5.41) is 12.7. The van der Waals surface area contributed by atoms with Crippen LogP contribution in [0.5, 0.6) is 5.75 Å². The minimum Gasteiger partial charge on any atom is -0.507 e. The van der Waals surface area contributed by atoms with Gasteiger partial charge in [-0.1, -0.05) is 24.6 Å². The van der Waals surface area contributed by atoms with Gasteiger partial charge in [0.2, 0.25) is 0 Å². The van der Waals surface area contributed by atoms with E-state index < -0.39 is 0 Å². The Morgan fingerprint density at radius 1 is 1.12 bits per heavy atom. The number of likely N-dealkylation sites (tertiary alicyclic amines) is 1. The largest absolute Gasteiger partial charge is 0.507 e. The second-order valence-corrected chi connectivity index (χ2v) is 6.69. The number of hydrogen-bond acceptors (Lipinski definition) is 4. The highest BCUT2D eigenvalue weighted by molar-refractivity contribution is 6.05. The minimum absolute atomic E-state index is 0.193. The Labute approximate surface area is 140 Å². The fourth-order valence-electron chi connectivity index (χ4n) is 3.74. The molecule has 0 radical (unpaired) electrons. The van der Waals surface area contributed by atoms with Gasteiger partial charge in [-0.25, -0.2) is 4.79 Å². The summed E-state index contributed by atoms with van der Waals surface area (Å²) >= 11 is 0. The number of nitrogens with zero attached hydrogens (tertiary/aromatic N) is 1. The summed E-state index contributed by atoms with van der Waals surface area (Å²) in [5.74, 6) is 0.193. The molecule has 0 amide bonds. The van der Waals surface area contributed by atoms with E-state index in [2.05, 4.69) is 11.8 Å². The summed E-state index contributed by atoms with van der Waals surface area (Å²) in [7, 11) is 0. The lowest BCUT2D eigenvalue weighted by Crippen LogP contribution is -2.36. The fourth-order valence-corrected chi connectivity index (χ4v) is 3.74. The maximum atomic E-state index is 12.4. The summed E-state index contributed by atoms with van der Waals surface area (Å²) in [6.07, 6.45) is 3.58. The molecule has 1 aliphatic heterocycles. The molecule has 1 saturated heterocycles. The van der Waals surface area contributed by atoms with Crippen molar-refractivity contribution in [1.29, 1.82) is 0 Å². The average molecular weight is 323 g/mol. The van der Waals surface area contributed by atoms with Crippen molar-refractivity contribution in [3.8, 4) is 5.75 Å². The van der Waals surface area contributed by atoms with Gasteiger partial charge in [-0.05, 0) is 49.9 Å². The molecule has 4 heteroatoms. The second kappa shape index (κ2) is 5.95. The highest BCUT2D eigenvalue weighted by atomic mass is 16.4. The van der Waals surface area contributed by atoms with E-state index in [0.717, 1.165) is 17.3 Å². The molecular formula is C20H21NO3. The smallest absolute Gasteiger partial charge is 0.344 e. The van der Waals surface area contributed by atoms with Gasteiger partial charge in [0.05, 0.1) is 10.9 Å². The van der Waals surface area contributed by atoms with Gasteiger partial charge in [-0.3, -0.25) is 4.90 Å². The van der Waals surface area contributed by atoms with Crippen LogP contribution in [0.3, 0.4) is 0 Å². The molecule has 1 fully saturated rings. The van der Waals surface area contributed by atoms with Crippen LogP contribution in [0.2, 0.25) is 0 Å². The topological polar surface area (TPSA) is 53.7 Å². The van der Waals surface area contributed by atoms with Crippen molar-refractivity contribution < 1.29 is 9.52 Å². The summed E-state index contributed by atoms with van der Waals surface area (Å²) in [6.45, 7) is 3.83. The average Bonchev–Trinajstić information content (AvgIpc) is 2.59. The van der Waals surface area contributed by atoms with E-state index in [1.54, 1.807) is 12.1 Å². The summed E-state index contributed by atoms with van der Waals surface area (Å²) in [6, 6.07) is 11.5. The predicted molar refractivity (Wildman–Crippen MR) is 95.4 cm³/mol. The molecule has 0 unspecified atom stereocenters. The molecule has 4 nitrogen and oxygen atoms in total. The van der Waals surface area contributed by atoms with Crippen LogP contribution >= 0.6 is 0 Å². The fraction of sp³-hybridized carbons (Fsp3) is 0.350. The molecular weight excluding hydrogens is 302 g/mol. The highest BCUT2D eigenvalue weighted by Gasteiger charge is 2.22. The van der Waals surface area contributed by atoms with Crippen molar-refractivity contribution in [1.82, 2.24) is 4.90 Å². The van der Waals surface area contributed by atoms with Crippen molar-refractivity contribution >= 4 is 21.7 Å². The van der Waals surface area contributed by atoms with Crippen LogP contribution in [0.15, 0.2) is 45.6 Å². The number of aromatic hydroxyl groups is 1. The number of rotatable bonds is 2. The van der Waals surface area contributed by atoms with Crippen molar-refractivity contribution in [2.75, 3.05) is 6.54 Å². The Morgan fingerprint density at radius 3 is 2.71 bits per heavy atom. The Kier molecular flexibility index (Phi) is 3.77. The van der Waals surface area contributed by atoms with Gasteiger partial charge in [0, 0.05) is 18.0 Å². The first-order valence-corrected chi connectivity index (χ1v) is 8.55. The van der Waals surface area contributed by atoms with Gasteiger partial charge in [0.1, 0.15) is 11.3 Å². The third-order valence-corrected chi connectivity index (χ3v) is 5.17. The van der Waals surface area contributed by atoms with Crippen LogP contribution in [0.4, 0.5) is 0 Å². The first-order chi connectivity index (χ1) is 11.6. The molecule has 1 aliphatic rings. The van der Waals surface area contributed by atoms with E-state index in [1.165, 1.54) is 19.3 Å². The quantitative estimate of drug-likeness (QED) is 0.571. The lowest BCUT2D eigenvalue weighted by atomic mass is 10.0. The van der Waals surface area contributed by atoms with Crippen molar-refractivity contribution in [3.63, 3.8) is 0 Å². The maximum Gasteiger partial charge on any atom is 0.344 e. The molecule has 0 aliphatic carbocycles. The van der Waals surface area contributed by atoms with Crippen LogP contribution in [-0.2, 0) is 6.54 Å². The lowest BCUT2D eigenvalue weighted by molar-refractivity contribution is 0.151. The Hall–Kier alpha value is -2.33. The van der Waals surface area contributed by atoms with Crippen molar-refractivity contribution in [2.45, 2.75) is 38.8 Å². The van der Waals surface area contributed by atoms with Crippen molar-refractivity contribution in [2.24, 2.45) is 0 Å². The zero-order valence-electron chi connectivity index (χ0n) is 13.8. The first-order valence-electron chi connectivity index (χ1n) is 8.55. The SMILES string of the molecule is C[C@@H]1CCCCN1Cc1c(O)ccc2c1oc(=O)c1ccccc12. The van der Waals surface area contributed by atoms with Crippen LogP contribution < -0.4 is 5.63 Å². The Balaban J connectivity index is 1.91. The number of hydrogen-bond donors (Lipinski definition) is 1. The maximum absolute atomic E-state index is 12.4. The Bertz CT molecular complexity index is 960. The van der Waals surface area contributed by atoms with Gasteiger partial charge in [-0.15, -0.1) is 0 Å². The number of phenols is 1. The van der Waals surface area contributed by atoms with Gasteiger partial charge in [0.25, 0.3) is 0 Å². The molecule has 24 heavy (non-hydrogen) atoms. The third-order valence-electron chi connectivity index (χ3n) is 5.17. The van der Waals surface area contributed by atoms with Crippen LogP contribution in [-0.4, -0.2) is 22.6 Å². The second-order valence-electron chi connectivity index (χ2n) is 6.69. The number of benzene rings is 2. The van der Waals surface area contributed by atoms with Gasteiger partial charge >= 0.3 is 5.63 Å². The van der Waals surface area contributed by atoms with E-state index in [4.69, 9.17) is 4.42 Å². The van der Waals surface area contributed by atoms with Crippen LogP contribution in [0.1, 0.15) is 31.7 Å². The molecule has 3 aromatic rings. The third kappa shape index (κ3) is 2.47. The monoisotopic (exact) mass is 323 g/mol. The molecule has 2 heterocycles. The van der Waals surface area contributed by atoms with E-state index in [9.17, 15) is 9.90 Å². The first kappa shape index (κ1) is 15.2. The standard InChI is InChI=1S/C20H21NO3/c1-13-6-4-5-11-21(13)12-17-18(22)10-9-15-14-7-2-3-8-16(14)20(23)24-19(15)17/h2-3,7-10,13,22H,4-6,11-12H2,1H3/t13-/m1/s1. The normalized spacial score (nSPS) is 19.1. The van der Waals surface area contributed by atoms with E-state index in [-0.39, 0.29) is 11.4 Å². The Morgan fingerprint density at radius 2 is 1.92 bits per heavy atom. The minimum atomic E-state index is -0.350. The van der Waals surface area contributed by atoms with E-state index in [1.807, 2.05) is 24.3 Å². The summed E-state index contributed by atoms with van der Waals surface area (Å²) in [5.41, 5.74) is 0.872. The summed E-state index contributed by atoms with van der Waals surface area (Å²) in [4.78, 5) is 14.7. The zero-order chi connectivity index (χ0) is 16.7. The van der Waals surface area contributed by atoms with Gasteiger partial charge in [0.15, 0.2) is 0 Å². The van der Waals surface area contributed by atoms with Crippen molar-refractivity contribution in [3.05, 3.63) is 52.4 Å².